The summed E-state index contributed by atoms with van der Waals surface area (Å²) in [6.45, 7) is 4.43. The predicted molar refractivity (Wildman–Crippen MR) is 81.5 cm³/mol. The van der Waals surface area contributed by atoms with Crippen LogP contribution in [-0.2, 0) is 10.0 Å². The molecule has 0 saturated carbocycles. The van der Waals surface area contributed by atoms with Crippen LogP contribution in [0.15, 0.2) is 23.1 Å². The van der Waals surface area contributed by atoms with E-state index in [4.69, 9.17) is 4.74 Å². The standard InChI is InChI=1S/C14H20N2O5S/c1-11(2)21-14-10-12(6-7-13(14)16(17)18)22(19,20)15-8-4-3-5-9-15/h6-7,10-11H,3-5,8-9H2,1-2H3. The fourth-order valence-electron chi connectivity index (χ4n) is 2.41. The van der Waals surface area contributed by atoms with Crippen molar-refractivity contribution in [2.75, 3.05) is 13.1 Å². The molecule has 0 spiro atoms. The second kappa shape index (κ2) is 6.62. The van der Waals surface area contributed by atoms with E-state index < -0.39 is 14.9 Å². The molecule has 1 aromatic carbocycles. The minimum absolute atomic E-state index is 0.0157. The van der Waals surface area contributed by atoms with Crippen molar-refractivity contribution < 1.29 is 18.1 Å². The van der Waals surface area contributed by atoms with Crippen molar-refractivity contribution in [2.45, 2.75) is 44.1 Å². The van der Waals surface area contributed by atoms with Crippen LogP contribution in [0.4, 0.5) is 5.69 Å². The largest absolute Gasteiger partial charge is 0.484 e. The van der Waals surface area contributed by atoms with E-state index in [9.17, 15) is 18.5 Å². The Hall–Kier alpha value is -1.67. The molecule has 8 heteroatoms. The topological polar surface area (TPSA) is 89.8 Å². The number of hydrogen-bond donors (Lipinski definition) is 0. The van der Waals surface area contributed by atoms with Gasteiger partial charge in [-0.2, -0.15) is 4.31 Å². The van der Waals surface area contributed by atoms with Gasteiger partial charge in [0.25, 0.3) is 0 Å². The highest BCUT2D eigenvalue weighted by molar-refractivity contribution is 7.89. The lowest BCUT2D eigenvalue weighted by Gasteiger charge is -2.26. The van der Waals surface area contributed by atoms with Gasteiger partial charge < -0.3 is 4.74 Å². The molecule has 0 N–H and O–H groups in total. The molecule has 1 fully saturated rings. The predicted octanol–water partition coefficient (Wildman–Crippen LogP) is 2.56. The molecule has 0 radical (unpaired) electrons. The van der Waals surface area contributed by atoms with E-state index in [1.807, 2.05) is 0 Å². The van der Waals surface area contributed by atoms with Crippen molar-refractivity contribution in [3.05, 3.63) is 28.3 Å². The van der Waals surface area contributed by atoms with Crippen LogP contribution < -0.4 is 4.74 Å². The van der Waals surface area contributed by atoms with E-state index in [0.29, 0.717) is 13.1 Å². The Morgan fingerprint density at radius 2 is 1.86 bits per heavy atom. The van der Waals surface area contributed by atoms with E-state index in [1.54, 1.807) is 13.8 Å². The highest BCUT2D eigenvalue weighted by Crippen LogP contribution is 2.32. The Bertz CT molecular complexity index is 651. The average molecular weight is 328 g/mol. The molecule has 0 amide bonds. The molecule has 0 unspecified atom stereocenters. The van der Waals surface area contributed by atoms with Gasteiger partial charge in [0.2, 0.25) is 10.0 Å². The third-order valence-electron chi connectivity index (χ3n) is 3.44. The summed E-state index contributed by atoms with van der Waals surface area (Å²) in [6, 6.07) is 3.71. The second-order valence-electron chi connectivity index (χ2n) is 5.52. The Kier molecular flexibility index (Phi) is 5.02. The van der Waals surface area contributed by atoms with Gasteiger partial charge in [-0.3, -0.25) is 10.1 Å². The molecule has 1 heterocycles. The molecule has 1 aliphatic heterocycles. The number of nitro benzene ring substituents is 1. The molecule has 1 aliphatic rings. The highest BCUT2D eigenvalue weighted by Gasteiger charge is 2.28. The molecular formula is C14H20N2O5S. The Morgan fingerprint density at radius 3 is 2.41 bits per heavy atom. The quantitative estimate of drug-likeness (QED) is 0.612. The minimum atomic E-state index is -3.63. The van der Waals surface area contributed by atoms with E-state index >= 15 is 0 Å². The fourth-order valence-corrected chi connectivity index (χ4v) is 3.94. The van der Waals surface area contributed by atoms with Crippen LogP contribution in [0.1, 0.15) is 33.1 Å². The first-order valence-corrected chi connectivity index (χ1v) is 8.71. The van der Waals surface area contributed by atoms with Gasteiger partial charge in [0.15, 0.2) is 5.75 Å². The van der Waals surface area contributed by atoms with Crippen molar-refractivity contribution in [1.82, 2.24) is 4.31 Å². The number of benzene rings is 1. The van der Waals surface area contributed by atoms with Crippen molar-refractivity contribution >= 4 is 15.7 Å². The zero-order chi connectivity index (χ0) is 16.3. The van der Waals surface area contributed by atoms with Crippen LogP contribution in [-0.4, -0.2) is 36.8 Å². The van der Waals surface area contributed by atoms with Gasteiger partial charge in [0, 0.05) is 25.2 Å². The van der Waals surface area contributed by atoms with Crippen molar-refractivity contribution in [3.63, 3.8) is 0 Å². The fraction of sp³-hybridized carbons (Fsp3) is 0.571. The van der Waals surface area contributed by atoms with Crippen molar-refractivity contribution in [1.29, 1.82) is 0 Å². The first-order chi connectivity index (χ1) is 10.3. The molecule has 7 nitrogen and oxygen atoms in total. The molecule has 0 aliphatic carbocycles. The Labute approximate surface area is 130 Å². The lowest BCUT2D eigenvalue weighted by atomic mass is 10.2. The zero-order valence-electron chi connectivity index (χ0n) is 12.7. The summed E-state index contributed by atoms with van der Waals surface area (Å²) >= 11 is 0. The van der Waals surface area contributed by atoms with Crippen LogP contribution in [0.3, 0.4) is 0 Å². The number of hydrogen-bond acceptors (Lipinski definition) is 5. The number of ether oxygens (including phenoxy) is 1. The lowest BCUT2D eigenvalue weighted by Crippen LogP contribution is -2.35. The summed E-state index contributed by atoms with van der Waals surface area (Å²) < 4.78 is 32.0. The Balaban J connectivity index is 2.40. The van der Waals surface area contributed by atoms with Crippen LogP contribution in [0, 0.1) is 10.1 Å². The maximum absolute atomic E-state index is 12.6. The highest BCUT2D eigenvalue weighted by atomic mass is 32.2. The van der Waals surface area contributed by atoms with Gasteiger partial charge in [-0.15, -0.1) is 0 Å². The van der Waals surface area contributed by atoms with Crippen molar-refractivity contribution in [2.24, 2.45) is 0 Å². The number of sulfonamides is 1. The minimum Gasteiger partial charge on any atom is -0.484 e. The smallest absolute Gasteiger partial charge is 0.311 e. The van der Waals surface area contributed by atoms with E-state index in [0.717, 1.165) is 19.3 Å². The number of nitrogens with zero attached hydrogens (tertiary/aromatic N) is 2. The number of nitro groups is 1. The molecule has 22 heavy (non-hydrogen) atoms. The third-order valence-corrected chi connectivity index (χ3v) is 5.34. The molecule has 1 saturated heterocycles. The summed E-state index contributed by atoms with van der Waals surface area (Å²) in [5, 5.41) is 11.0. The Morgan fingerprint density at radius 1 is 1.23 bits per heavy atom. The SMILES string of the molecule is CC(C)Oc1cc(S(=O)(=O)N2CCCCC2)ccc1[N+](=O)[O-]. The van der Waals surface area contributed by atoms with Crippen LogP contribution >= 0.6 is 0 Å². The van der Waals surface area contributed by atoms with E-state index in [1.165, 1.54) is 22.5 Å². The summed E-state index contributed by atoms with van der Waals surface area (Å²) in [4.78, 5) is 10.5. The monoisotopic (exact) mass is 328 g/mol. The maximum Gasteiger partial charge on any atom is 0.311 e. The molecule has 2 rings (SSSR count). The van der Waals surface area contributed by atoms with Gasteiger partial charge in [-0.05, 0) is 32.8 Å². The van der Waals surface area contributed by atoms with Crippen LogP contribution in [0.5, 0.6) is 5.75 Å². The van der Waals surface area contributed by atoms with Crippen molar-refractivity contribution in [3.8, 4) is 5.75 Å². The molecular weight excluding hydrogens is 308 g/mol. The summed E-state index contributed by atoms with van der Waals surface area (Å²) in [7, 11) is -3.63. The zero-order valence-corrected chi connectivity index (χ0v) is 13.5. The number of rotatable bonds is 5. The van der Waals surface area contributed by atoms with Crippen LogP contribution in [0.25, 0.3) is 0 Å². The summed E-state index contributed by atoms with van der Waals surface area (Å²) in [5.41, 5.74) is -0.230. The molecule has 0 bridgehead atoms. The lowest BCUT2D eigenvalue weighted by molar-refractivity contribution is -0.386. The molecule has 1 aromatic rings. The summed E-state index contributed by atoms with van der Waals surface area (Å²) in [6.07, 6.45) is 2.41. The molecule has 0 aromatic heterocycles. The van der Waals surface area contributed by atoms with Gasteiger partial charge in [-0.25, -0.2) is 8.42 Å². The average Bonchev–Trinajstić information content (AvgIpc) is 2.47. The molecule has 0 atom stereocenters. The first kappa shape index (κ1) is 16.7. The van der Waals surface area contributed by atoms with Crippen LogP contribution in [0.2, 0.25) is 0 Å². The van der Waals surface area contributed by atoms with Gasteiger partial charge in [0.05, 0.1) is 15.9 Å². The van der Waals surface area contributed by atoms with Gasteiger partial charge in [0.1, 0.15) is 0 Å². The number of piperidine rings is 1. The first-order valence-electron chi connectivity index (χ1n) is 7.27. The van der Waals surface area contributed by atoms with Gasteiger partial charge >= 0.3 is 5.69 Å². The third kappa shape index (κ3) is 3.56. The van der Waals surface area contributed by atoms with Gasteiger partial charge in [-0.1, -0.05) is 6.42 Å². The normalized spacial score (nSPS) is 16.7. The van der Waals surface area contributed by atoms with E-state index in [2.05, 4.69) is 0 Å². The van der Waals surface area contributed by atoms with E-state index in [-0.39, 0.29) is 22.4 Å². The summed E-state index contributed by atoms with van der Waals surface area (Å²) in [5.74, 6) is -0.0157. The maximum atomic E-state index is 12.6. The second-order valence-corrected chi connectivity index (χ2v) is 7.46. The molecule has 122 valence electrons.